The standard InChI is InChI=1S/C77H74N3/c1-54-26-16-21-36-64(54)76(50-56-28-12-10-13-29-56,55(2)27-24-39-69-74(3,4)72-62-34-19-17-32-60(62)46-48-67(72)79(69)8)51-58-42-44-59(45-43-58)53-77(52-57-30-14-11-15-31-57)65-37-22-23-38-66(65)78(7)71(77)41-25-40-70-75(5,6)73-63-35-20-18-33-61(63)47-49-68(73)80(70)9/h10-49H,2,50-53H2,1,3-9H3/q+1/b27-24+,69-39+. The molecule has 9 aromatic carbocycles. The maximum atomic E-state index is 5.04. The van der Waals surface area contributed by atoms with Gasteiger partial charge in [0, 0.05) is 70.8 Å². The third-order valence-electron chi connectivity index (χ3n) is 18.5. The number of hydrogen-bond donors (Lipinski definition) is 0. The molecule has 3 nitrogen and oxygen atoms in total. The molecule has 0 N–H and O–H groups in total. The maximum absolute atomic E-state index is 5.04. The topological polar surface area (TPSA) is 9.49 Å². The lowest BCUT2D eigenvalue weighted by atomic mass is 9.65. The number of anilines is 2. The number of fused-ring (bicyclic) bond motifs is 7. The summed E-state index contributed by atoms with van der Waals surface area (Å²) in [5, 5.41) is 5.21. The number of para-hydroxylation sites is 1. The van der Waals surface area contributed by atoms with Gasteiger partial charge < -0.3 is 9.80 Å². The van der Waals surface area contributed by atoms with Gasteiger partial charge in [-0.1, -0.05) is 221 Å². The van der Waals surface area contributed by atoms with Crippen molar-refractivity contribution in [2.45, 2.75) is 82.0 Å². The Labute approximate surface area is 475 Å². The van der Waals surface area contributed by atoms with Crippen molar-refractivity contribution < 1.29 is 4.58 Å². The number of hydrogen-bond acceptors (Lipinski definition) is 2. The molecule has 0 bridgehead atoms. The summed E-state index contributed by atoms with van der Waals surface area (Å²) in [7, 11) is 6.70. The minimum absolute atomic E-state index is 0.182. The number of likely N-dealkylation sites (N-methyl/N-ethyl adjacent to an activating group) is 2. The minimum Gasteiger partial charge on any atom is -0.347 e. The molecule has 2 unspecified atom stereocenters. The third kappa shape index (κ3) is 8.88. The van der Waals surface area contributed by atoms with Crippen LogP contribution in [-0.2, 0) is 47.3 Å². The number of benzene rings is 9. The zero-order valence-corrected chi connectivity index (χ0v) is 48.0. The summed E-state index contributed by atoms with van der Waals surface area (Å²) in [4.78, 5) is 4.83. The van der Waals surface area contributed by atoms with Gasteiger partial charge in [0.25, 0.3) is 0 Å². The maximum Gasteiger partial charge on any atom is 0.210 e. The molecule has 3 heterocycles. The monoisotopic (exact) mass is 1040 g/mol. The summed E-state index contributed by atoms with van der Waals surface area (Å²) in [6, 6.07) is 76.6. The zero-order chi connectivity index (χ0) is 55.4. The predicted molar refractivity (Wildman–Crippen MR) is 340 cm³/mol. The zero-order valence-electron chi connectivity index (χ0n) is 48.0. The molecule has 0 saturated carbocycles. The van der Waals surface area contributed by atoms with E-state index < -0.39 is 5.41 Å². The van der Waals surface area contributed by atoms with Crippen molar-refractivity contribution in [3.05, 3.63) is 316 Å². The molecule has 3 aliphatic rings. The van der Waals surface area contributed by atoms with Crippen LogP contribution >= 0.6 is 0 Å². The molecule has 0 radical (unpaired) electrons. The Hall–Kier alpha value is -8.53. The summed E-state index contributed by atoms with van der Waals surface area (Å²) >= 11 is 0. The smallest absolute Gasteiger partial charge is 0.210 e. The van der Waals surface area contributed by atoms with Gasteiger partial charge in [-0.05, 0) is 148 Å². The number of aryl methyl sites for hydroxylation is 1. The van der Waals surface area contributed by atoms with Gasteiger partial charge in [-0.25, -0.2) is 0 Å². The average molecular weight is 1040 g/mol. The van der Waals surface area contributed by atoms with E-state index in [0.717, 1.165) is 31.3 Å². The molecule has 12 rings (SSSR count). The highest BCUT2D eigenvalue weighted by Gasteiger charge is 2.47. The van der Waals surface area contributed by atoms with Crippen molar-refractivity contribution in [1.82, 2.24) is 0 Å². The Morgan fingerprint density at radius 3 is 1.73 bits per heavy atom. The fourth-order valence-corrected chi connectivity index (χ4v) is 14.6. The first-order valence-electron chi connectivity index (χ1n) is 28.6. The van der Waals surface area contributed by atoms with Gasteiger partial charge in [0.2, 0.25) is 5.69 Å². The minimum atomic E-state index is -0.447. The molecule has 80 heavy (non-hydrogen) atoms. The van der Waals surface area contributed by atoms with E-state index >= 15 is 0 Å². The van der Waals surface area contributed by atoms with Crippen LogP contribution < -0.4 is 9.80 Å². The van der Waals surface area contributed by atoms with E-state index in [4.69, 9.17) is 6.58 Å². The fourth-order valence-electron chi connectivity index (χ4n) is 14.6. The van der Waals surface area contributed by atoms with Crippen molar-refractivity contribution >= 4 is 44.3 Å². The number of nitrogens with zero attached hydrogens (tertiary/aromatic N) is 3. The quantitative estimate of drug-likeness (QED) is 0.0793. The van der Waals surface area contributed by atoms with E-state index in [1.807, 2.05) is 0 Å². The van der Waals surface area contributed by atoms with E-state index in [-0.39, 0.29) is 16.2 Å². The lowest BCUT2D eigenvalue weighted by molar-refractivity contribution is -0.401. The molecule has 0 amide bonds. The normalized spacial score (nSPS) is 18.9. The van der Waals surface area contributed by atoms with Crippen LogP contribution in [0.5, 0.6) is 0 Å². The molecular weight excluding hydrogens is 967 g/mol. The van der Waals surface area contributed by atoms with Crippen LogP contribution in [0.3, 0.4) is 0 Å². The van der Waals surface area contributed by atoms with Crippen molar-refractivity contribution in [2.75, 3.05) is 30.9 Å². The molecule has 0 aliphatic carbocycles. The van der Waals surface area contributed by atoms with Gasteiger partial charge in [0.15, 0.2) is 5.71 Å². The molecule has 3 heteroatoms. The van der Waals surface area contributed by atoms with Crippen LogP contribution in [0.25, 0.3) is 21.5 Å². The second-order valence-electron chi connectivity index (χ2n) is 24.0. The van der Waals surface area contributed by atoms with Crippen LogP contribution in [0.15, 0.2) is 266 Å². The van der Waals surface area contributed by atoms with E-state index in [9.17, 15) is 0 Å². The van der Waals surface area contributed by atoms with Crippen LogP contribution in [0.2, 0.25) is 0 Å². The second-order valence-corrected chi connectivity index (χ2v) is 24.0. The molecule has 0 spiro atoms. The second kappa shape index (κ2) is 20.6. The van der Waals surface area contributed by atoms with E-state index in [0.29, 0.717) is 0 Å². The Balaban J connectivity index is 0.914. The molecule has 0 aromatic heterocycles. The molecule has 396 valence electrons. The fraction of sp³-hybridized carbons (Fsp3) is 0.208. The first kappa shape index (κ1) is 52.2. The van der Waals surface area contributed by atoms with E-state index in [1.54, 1.807) is 0 Å². The van der Waals surface area contributed by atoms with Gasteiger partial charge >= 0.3 is 0 Å². The van der Waals surface area contributed by atoms with E-state index in [1.165, 1.54) is 106 Å². The summed E-state index contributed by atoms with van der Waals surface area (Å²) in [6.07, 6.45) is 17.3. The summed E-state index contributed by atoms with van der Waals surface area (Å²) in [6.45, 7) is 16.8. The van der Waals surface area contributed by atoms with Crippen LogP contribution in [-0.4, -0.2) is 31.4 Å². The lowest BCUT2D eigenvalue weighted by Gasteiger charge is -2.38. The summed E-state index contributed by atoms with van der Waals surface area (Å²) in [5.74, 6) is 0. The molecule has 3 aliphatic heterocycles. The van der Waals surface area contributed by atoms with Gasteiger partial charge in [-0.15, -0.1) is 0 Å². The van der Waals surface area contributed by atoms with Crippen molar-refractivity contribution in [3.63, 3.8) is 0 Å². The molecule has 0 saturated heterocycles. The van der Waals surface area contributed by atoms with Gasteiger partial charge in [0.05, 0.1) is 5.41 Å². The highest BCUT2D eigenvalue weighted by atomic mass is 15.2. The number of rotatable bonds is 14. The summed E-state index contributed by atoms with van der Waals surface area (Å²) < 4.78 is 2.40. The van der Waals surface area contributed by atoms with Gasteiger partial charge in [0.1, 0.15) is 7.05 Å². The Morgan fingerprint density at radius 1 is 0.512 bits per heavy atom. The van der Waals surface area contributed by atoms with Crippen LogP contribution in [0, 0.1) is 6.92 Å². The molecule has 2 atom stereocenters. The highest BCUT2D eigenvalue weighted by molar-refractivity contribution is 6.07. The van der Waals surface area contributed by atoms with Crippen molar-refractivity contribution in [2.24, 2.45) is 0 Å². The third-order valence-corrected chi connectivity index (χ3v) is 18.5. The lowest BCUT2D eigenvalue weighted by Crippen LogP contribution is -2.35. The summed E-state index contributed by atoms with van der Waals surface area (Å²) in [5.41, 5.74) is 19.5. The SMILES string of the molecule is C=C(/C=C/C=C1/N(C)c2ccc3ccccc3c2C1(C)C)C(Cc1ccccc1)(Cc1ccc(CC2(Cc3ccccc3)C(=CC=CC3=[N+](C)c4ccc5ccccc5c4C3(C)C)N(C)c3ccccc32)cc1)c1ccccc1C. The van der Waals surface area contributed by atoms with Gasteiger partial charge in [-0.2, -0.15) is 4.58 Å². The molecular formula is C77H74N3+. The van der Waals surface area contributed by atoms with Crippen LogP contribution in [0.4, 0.5) is 17.1 Å². The average Bonchev–Trinajstić information content (AvgIpc) is 3.77. The van der Waals surface area contributed by atoms with Crippen molar-refractivity contribution in [3.8, 4) is 0 Å². The molecule has 9 aromatic rings. The Morgan fingerprint density at radius 2 is 1.04 bits per heavy atom. The van der Waals surface area contributed by atoms with Crippen molar-refractivity contribution in [1.29, 1.82) is 0 Å². The van der Waals surface area contributed by atoms with Gasteiger partial charge in [-0.3, -0.25) is 0 Å². The predicted octanol–water partition coefficient (Wildman–Crippen LogP) is 17.8. The Bertz CT molecular complexity index is 4020. The van der Waals surface area contributed by atoms with Crippen LogP contribution in [0.1, 0.15) is 77.8 Å². The first-order chi connectivity index (χ1) is 38.7. The van der Waals surface area contributed by atoms with E-state index in [2.05, 4.69) is 313 Å². The number of allylic oxidation sites excluding steroid dienone is 9. The largest absolute Gasteiger partial charge is 0.347 e. The molecule has 0 fully saturated rings. The Kier molecular flexibility index (Phi) is 13.4. The first-order valence-corrected chi connectivity index (χ1v) is 28.6. The highest BCUT2D eigenvalue weighted by Crippen LogP contribution is 2.53.